The molecule has 0 atom stereocenters. The van der Waals surface area contributed by atoms with Crippen LogP contribution in [-0.4, -0.2) is 11.9 Å². The lowest BCUT2D eigenvalue weighted by atomic mass is 10.2. The van der Waals surface area contributed by atoms with Crippen molar-refractivity contribution in [1.29, 1.82) is 0 Å². The summed E-state index contributed by atoms with van der Waals surface area (Å²) >= 11 is 12.9. The highest BCUT2D eigenvalue weighted by atomic mass is 79.9. The van der Waals surface area contributed by atoms with Crippen LogP contribution in [0, 0.1) is 0 Å². The zero-order chi connectivity index (χ0) is 11.1. The molecule has 1 nitrogen and oxygen atoms in total. The maximum absolute atomic E-state index is 6.09. The number of rotatable bonds is 6. The maximum atomic E-state index is 6.09. The van der Waals surface area contributed by atoms with Crippen molar-refractivity contribution in [2.45, 2.75) is 19.4 Å². The summed E-state index contributed by atoms with van der Waals surface area (Å²) in [5.74, 6) is 0. The number of halogens is 3. The van der Waals surface area contributed by atoms with Gasteiger partial charge in [0.05, 0.1) is 0 Å². The van der Waals surface area contributed by atoms with Gasteiger partial charge in [-0.3, -0.25) is 0 Å². The minimum atomic E-state index is 0.817. The zero-order valence-electron chi connectivity index (χ0n) is 8.40. The van der Waals surface area contributed by atoms with Gasteiger partial charge >= 0.3 is 0 Å². The second-order valence-corrected chi connectivity index (χ2v) is 5.42. The van der Waals surface area contributed by atoms with Gasteiger partial charge in [-0.15, -0.1) is 0 Å². The summed E-state index contributed by atoms with van der Waals surface area (Å²) in [5.41, 5.74) is 1.15. The Morgan fingerprint density at radius 2 is 2.07 bits per heavy atom. The third-order valence-corrected chi connectivity index (χ3v) is 3.47. The summed E-state index contributed by atoms with van der Waals surface area (Å²) in [6.45, 7) is 1.88. The molecule has 0 aliphatic rings. The Morgan fingerprint density at radius 1 is 1.27 bits per heavy atom. The van der Waals surface area contributed by atoms with Crippen LogP contribution in [0.1, 0.15) is 18.4 Å². The summed E-state index contributed by atoms with van der Waals surface area (Å²) in [4.78, 5) is 0. The average Bonchev–Trinajstić information content (AvgIpc) is 2.20. The Balaban J connectivity index is 2.31. The van der Waals surface area contributed by atoms with Crippen LogP contribution in [0.15, 0.2) is 22.7 Å². The van der Waals surface area contributed by atoms with Crippen molar-refractivity contribution in [2.24, 2.45) is 0 Å². The molecule has 0 aliphatic heterocycles. The number of benzene rings is 1. The van der Waals surface area contributed by atoms with Crippen LogP contribution in [0.3, 0.4) is 0 Å². The Kier molecular flexibility index (Phi) is 6.89. The normalized spacial score (nSPS) is 10.6. The number of unbranched alkanes of at least 4 members (excludes halogenated alkanes) is 1. The molecule has 0 unspecified atom stereocenters. The molecule has 0 saturated heterocycles. The topological polar surface area (TPSA) is 12.0 Å². The lowest BCUT2D eigenvalue weighted by molar-refractivity contribution is 0.645. The molecule has 1 N–H and O–H groups in total. The first kappa shape index (κ1) is 13.5. The molecule has 0 aromatic heterocycles. The first-order valence-electron chi connectivity index (χ1n) is 4.94. The molecule has 15 heavy (non-hydrogen) atoms. The van der Waals surface area contributed by atoms with E-state index in [2.05, 4.69) is 37.2 Å². The summed E-state index contributed by atoms with van der Waals surface area (Å²) in [7, 11) is 0. The Morgan fingerprint density at radius 3 is 2.73 bits per heavy atom. The van der Waals surface area contributed by atoms with Crippen LogP contribution < -0.4 is 5.32 Å². The SMILES string of the molecule is Clc1cc(Br)ccc1CNCCCCBr. The average molecular weight is 356 g/mol. The predicted octanol–water partition coefficient (Wildman–Crippen LogP) is 4.37. The van der Waals surface area contributed by atoms with Gasteiger partial charge in [-0.2, -0.15) is 0 Å². The Bertz CT molecular complexity index is 305. The predicted molar refractivity (Wildman–Crippen MR) is 73.9 cm³/mol. The van der Waals surface area contributed by atoms with Gasteiger partial charge in [0.2, 0.25) is 0 Å². The van der Waals surface area contributed by atoms with Gasteiger partial charge in [0, 0.05) is 21.4 Å². The molecule has 1 rings (SSSR count). The molecule has 0 radical (unpaired) electrons. The van der Waals surface area contributed by atoms with Crippen molar-refractivity contribution in [2.75, 3.05) is 11.9 Å². The molecule has 84 valence electrons. The first-order valence-corrected chi connectivity index (χ1v) is 7.24. The molecule has 0 spiro atoms. The van der Waals surface area contributed by atoms with Crippen LogP contribution >= 0.6 is 43.5 Å². The maximum Gasteiger partial charge on any atom is 0.0462 e. The molecule has 1 aromatic rings. The van der Waals surface area contributed by atoms with E-state index < -0.39 is 0 Å². The standard InChI is InChI=1S/C11H14Br2ClN/c12-5-1-2-6-15-8-9-3-4-10(13)7-11(9)14/h3-4,7,15H,1-2,5-6,8H2. The van der Waals surface area contributed by atoms with Crippen LogP contribution in [0.4, 0.5) is 0 Å². The van der Waals surface area contributed by atoms with Gasteiger partial charge in [0.15, 0.2) is 0 Å². The highest BCUT2D eigenvalue weighted by molar-refractivity contribution is 9.10. The fourth-order valence-electron chi connectivity index (χ4n) is 1.23. The minimum Gasteiger partial charge on any atom is -0.313 e. The summed E-state index contributed by atoms with van der Waals surface area (Å²) in [5, 5.41) is 5.27. The second kappa shape index (κ2) is 7.66. The monoisotopic (exact) mass is 353 g/mol. The van der Waals surface area contributed by atoms with E-state index in [0.29, 0.717) is 0 Å². The smallest absolute Gasteiger partial charge is 0.0462 e. The van der Waals surface area contributed by atoms with E-state index in [1.807, 2.05) is 18.2 Å². The largest absolute Gasteiger partial charge is 0.313 e. The van der Waals surface area contributed by atoms with Crippen molar-refractivity contribution in [1.82, 2.24) is 5.32 Å². The van der Waals surface area contributed by atoms with Gasteiger partial charge in [-0.25, -0.2) is 0 Å². The lowest BCUT2D eigenvalue weighted by Gasteiger charge is -2.06. The Hall–Kier alpha value is 0.430. The fraction of sp³-hybridized carbons (Fsp3) is 0.455. The van der Waals surface area contributed by atoms with Crippen LogP contribution in [0.25, 0.3) is 0 Å². The molecular formula is C11H14Br2ClN. The Labute approximate surface area is 113 Å². The number of hydrogen-bond acceptors (Lipinski definition) is 1. The van der Waals surface area contributed by atoms with E-state index in [-0.39, 0.29) is 0 Å². The molecule has 1 aromatic carbocycles. The van der Waals surface area contributed by atoms with Crippen molar-refractivity contribution in [3.05, 3.63) is 33.3 Å². The highest BCUT2D eigenvalue weighted by Crippen LogP contribution is 2.21. The van der Waals surface area contributed by atoms with Crippen molar-refractivity contribution >= 4 is 43.5 Å². The molecule has 4 heteroatoms. The molecule has 0 fully saturated rings. The molecule has 0 heterocycles. The van der Waals surface area contributed by atoms with E-state index in [9.17, 15) is 0 Å². The van der Waals surface area contributed by atoms with E-state index in [0.717, 1.165) is 33.5 Å². The first-order chi connectivity index (χ1) is 7.24. The molecule has 0 amide bonds. The van der Waals surface area contributed by atoms with E-state index in [1.165, 1.54) is 12.8 Å². The van der Waals surface area contributed by atoms with Gasteiger partial charge in [0.25, 0.3) is 0 Å². The summed E-state index contributed by atoms with van der Waals surface area (Å²) < 4.78 is 1.02. The van der Waals surface area contributed by atoms with Crippen molar-refractivity contribution in [3.8, 4) is 0 Å². The van der Waals surface area contributed by atoms with E-state index in [4.69, 9.17) is 11.6 Å². The number of alkyl halides is 1. The third kappa shape index (κ3) is 5.34. The molecule has 0 bridgehead atoms. The summed E-state index contributed by atoms with van der Waals surface area (Å²) in [6.07, 6.45) is 2.40. The van der Waals surface area contributed by atoms with E-state index >= 15 is 0 Å². The van der Waals surface area contributed by atoms with Crippen LogP contribution in [-0.2, 0) is 6.54 Å². The lowest BCUT2D eigenvalue weighted by Crippen LogP contribution is -2.14. The van der Waals surface area contributed by atoms with Gasteiger partial charge in [-0.05, 0) is 37.1 Å². The second-order valence-electron chi connectivity index (χ2n) is 3.31. The van der Waals surface area contributed by atoms with Gasteiger partial charge in [0.1, 0.15) is 0 Å². The number of hydrogen-bond donors (Lipinski definition) is 1. The fourth-order valence-corrected chi connectivity index (χ4v) is 2.37. The van der Waals surface area contributed by atoms with Gasteiger partial charge in [-0.1, -0.05) is 49.5 Å². The zero-order valence-corrected chi connectivity index (χ0v) is 12.3. The van der Waals surface area contributed by atoms with Crippen molar-refractivity contribution < 1.29 is 0 Å². The summed E-state index contributed by atoms with van der Waals surface area (Å²) in [6, 6.07) is 5.99. The minimum absolute atomic E-state index is 0.817. The van der Waals surface area contributed by atoms with Crippen molar-refractivity contribution in [3.63, 3.8) is 0 Å². The quantitative estimate of drug-likeness (QED) is 0.590. The molecule has 0 saturated carbocycles. The van der Waals surface area contributed by atoms with Gasteiger partial charge < -0.3 is 5.32 Å². The van der Waals surface area contributed by atoms with Crippen LogP contribution in [0.2, 0.25) is 5.02 Å². The number of nitrogens with one attached hydrogen (secondary N) is 1. The molecular weight excluding hydrogens is 341 g/mol. The highest BCUT2D eigenvalue weighted by Gasteiger charge is 1.99. The molecule has 0 aliphatic carbocycles. The van der Waals surface area contributed by atoms with Crippen LogP contribution in [0.5, 0.6) is 0 Å². The van der Waals surface area contributed by atoms with E-state index in [1.54, 1.807) is 0 Å². The third-order valence-electron chi connectivity index (χ3n) is 2.07.